The zero-order valence-corrected chi connectivity index (χ0v) is 12.3. The molecular weight excluding hydrogens is 270 g/mol. The van der Waals surface area contributed by atoms with E-state index in [-0.39, 0.29) is 6.61 Å². The molecule has 0 aliphatic rings. The van der Waals surface area contributed by atoms with Gasteiger partial charge in [0.2, 0.25) is 0 Å². The van der Waals surface area contributed by atoms with Crippen molar-refractivity contribution in [1.82, 2.24) is 0 Å². The summed E-state index contributed by atoms with van der Waals surface area (Å²) in [6, 6.07) is -0.956. The van der Waals surface area contributed by atoms with Gasteiger partial charge in [0.1, 0.15) is 12.1 Å². The first-order valence-electron chi connectivity index (χ1n) is 5.80. The first-order chi connectivity index (χ1) is 9.60. The molecule has 9 nitrogen and oxygen atoms in total. The predicted octanol–water partition coefficient (Wildman–Crippen LogP) is 0.530. The number of hydrogen-bond donors (Lipinski definition) is 0. The van der Waals surface area contributed by atoms with Gasteiger partial charge in [0.05, 0.1) is 19.8 Å². The van der Waals surface area contributed by atoms with E-state index in [0.29, 0.717) is 0 Å². The van der Waals surface area contributed by atoms with Crippen molar-refractivity contribution < 1.29 is 28.5 Å². The second-order valence-corrected chi connectivity index (χ2v) is 3.80. The first-order valence-corrected chi connectivity index (χ1v) is 5.80. The van der Waals surface area contributed by atoms with Crippen LogP contribution in [0.2, 0.25) is 0 Å². The van der Waals surface area contributed by atoms with E-state index in [1.165, 1.54) is 35.5 Å². The lowest BCUT2D eigenvalue weighted by Gasteiger charge is -2.31. The predicted molar refractivity (Wildman–Crippen MR) is 69.2 cm³/mol. The first kappa shape index (κ1) is 18.6. The molecule has 116 valence electrons. The zero-order chi connectivity index (χ0) is 15.5. The van der Waals surface area contributed by atoms with Crippen LogP contribution in [-0.4, -0.2) is 72.5 Å². The number of esters is 1. The van der Waals surface area contributed by atoms with Crippen molar-refractivity contribution in [2.75, 3.05) is 42.2 Å². The van der Waals surface area contributed by atoms with Crippen molar-refractivity contribution in [1.29, 1.82) is 0 Å². The number of ether oxygens (including phenoxy) is 5. The molecule has 0 amide bonds. The van der Waals surface area contributed by atoms with Crippen LogP contribution in [0, 0.1) is 0 Å². The lowest BCUT2D eigenvalue weighted by molar-refractivity contribution is -0.159. The van der Waals surface area contributed by atoms with Crippen LogP contribution in [0.25, 0.3) is 10.4 Å². The highest BCUT2D eigenvalue weighted by atomic mass is 16.6. The summed E-state index contributed by atoms with van der Waals surface area (Å²) < 4.78 is 25.2. The van der Waals surface area contributed by atoms with E-state index >= 15 is 0 Å². The molecule has 0 rings (SSSR count). The summed E-state index contributed by atoms with van der Waals surface area (Å²) in [7, 11) is 6.90. The fourth-order valence-electron chi connectivity index (χ4n) is 1.82. The van der Waals surface area contributed by atoms with Crippen molar-refractivity contribution >= 4 is 5.97 Å². The Morgan fingerprint density at radius 1 is 1.15 bits per heavy atom. The number of rotatable bonds is 10. The van der Waals surface area contributed by atoms with Gasteiger partial charge in [-0.05, 0) is 5.53 Å². The summed E-state index contributed by atoms with van der Waals surface area (Å²) in [6.07, 6.45) is -2.38. The fourth-order valence-corrected chi connectivity index (χ4v) is 1.82. The largest absolute Gasteiger partial charge is 0.467 e. The highest BCUT2D eigenvalue weighted by molar-refractivity contribution is 5.75. The molecule has 0 aromatic carbocycles. The van der Waals surface area contributed by atoms with Crippen LogP contribution >= 0.6 is 0 Å². The van der Waals surface area contributed by atoms with Crippen molar-refractivity contribution in [3.05, 3.63) is 10.4 Å². The topological polar surface area (TPSA) is 112 Å². The van der Waals surface area contributed by atoms with E-state index < -0.39 is 30.3 Å². The minimum absolute atomic E-state index is 0.198. The Labute approximate surface area is 117 Å². The Morgan fingerprint density at radius 2 is 1.80 bits per heavy atom. The van der Waals surface area contributed by atoms with Gasteiger partial charge in [-0.2, -0.15) is 0 Å². The molecule has 0 unspecified atom stereocenters. The standard InChI is InChI=1S/C11H21N3O6/c1-16-6-7(17-2)9(18-3)8(13-14-12)10(19-4)11(15)20-5/h7-10H,6H2,1-5H3/t7-,8-,9-,10+/m1/s1. The van der Waals surface area contributed by atoms with Crippen molar-refractivity contribution in [3.8, 4) is 0 Å². The number of carbonyl (C=O) groups is 1. The number of hydrogen-bond acceptors (Lipinski definition) is 7. The lowest BCUT2D eigenvalue weighted by atomic mass is 10.0. The van der Waals surface area contributed by atoms with Crippen molar-refractivity contribution in [2.24, 2.45) is 5.11 Å². The zero-order valence-electron chi connectivity index (χ0n) is 12.3. The molecule has 0 aliphatic carbocycles. The van der Waals surface area contributed by atoms with Crippen LogP contribution in [0.5, 0.6) is 0 Å². The smallest absolute Gasteiger partial charge is 0.335 e. The average Bonchev–Trinajstić information content (AvgIpc) is 2.47. The molecule has 0 aromatic heterocycles. The number of carbonyl (C=O) groups excluding carboxylic acids is 1. The summed E-state index contributed by atoms with van der Waals surface area (Å²) in [5, 5.41) is 3.58. The van der Waals surface area contributed by atoms with E-state index in [2.05, 4.69) is 14.8 Å². The lowest BCUT2D eigenvalue weighted by Crippen LogP contribution is -2.50. The molecule has 0 heterocycles. The molecule has 0 aromatic rings. The van der Waals surface area contributed by atoms with Crippen LogP contribution in [-0.2, 0) is 28.5 Å². The molecule has 0 fully saturated rings. The van der Waals surface area contributed by atoms with E-state index in [4.69, 9.17) is 24.5 Å². The number of azide groups is 1. The van der Waals surface area contributed by atoms with Gasteiger partial charge in [0, 0.05) is 33.4 Å². The molecular formula is C11H21N3O6. The van der Waals surface area contributed by atoms with Crippen molar-refractivity contribution in [3.63, 3.8) is 0 Å². The molecule has 0 saturated heterocycles. The van der Waals surface area contributed by atoms with Gasteiger partial charge in [0.15, 0.2) is 6.10 Å². The summed E-state index contributed by atoms with van der Waals surface area (Å²) in [6.45, 7) is 0.198. The summed E-state index contributed by atoms with van der Waals surface area (Å²) >= 11 is 0. The maximum atomic E-state index is 11.7. The maximum Gasteiger partial charge on any atom is 0.335 e. The average molecular weight is 291 g/mol. The van der Waals surface area contributed by atoms with Gasteiger partial charge in [-0.25, -0.2) is 4.79 Å². The molecule has 4 atom stereocenters. The maximum absolute atomic E-state index is 11.7. The number of nitrogens with zero attached hydrogens (tertiary/aromatic N) is 3. The van der Waals surface area contributed by atoms with Crippen LogP contribution in [0.15, 0.2) is 5.11 Å². The Hall–Kier alpha value is -1.38. The Morgan fingerprint density at radius 3 is 2.15 bits per heavy atom. The normalized spacial score (nSPS) is 16.6. The van der Waals surface area contributed by atoms with Gasteiger partial charge in [-0.15, -0.1) is 0 Å². The Bertz CT molecular complexity index is 334. The van der Waals surface area contributed by atoms with Gasteiger partial charge < -0.3 is 23.7 Å². The molecule has 0 saturated carbocycles. The van der Waals surface area contributed by atoms with Crippen LogP contribution in [0.4, 0.5) is 0 Å². The third-order valence-electron chi connectivity index (χ3n) is 2.79. The Balaban J connectivity index is 5.37. The molecule has 0 N–H and O–H groups in total. The van der Waals surface area contributed by atoms with Gasteiger partial charge in [0.25, 0.3) is 0 Å². The third kappa shape index (κ3) is 4.95. The molecule has 0 bridgehead atoms. The van der Waals surface area contributed by atoms with Gasteiger partial charge >= 0.3 is 5.97 Å². The quantitative estimate of drug-likeness (QED) is 0.251. The summed E-state index contributed by atoms with van der Waals surface area (Å²) in [5.74, 6) is -0.667. The number of methoxy groups -OCH3 is 5. The SMILES string of the molecule is COC[C@@H](OC)[C@@H](OC)[C@@H](N=[N+]=[N-])[C@H](OC)C(=O)OC. The third-order valence-corrected chi connectivity index (χ3v) is 2.79. The monoisotopic (exact) mass is 291 g/mol. The van der Waals surface area contributed by atoms with E-state index in [9.17, 15) is 4.79 Å². The Kier molecular flexibility index (Phi) is 9.69. The molecule has 0 spiro atoms. The van der Waals surface area contributed by atoms with Gasteiger partial charge in [-0.1, -0.05) is 5.11 Å². The fraction of sp³-hybridized carbons (Fsp3) is 0.909. The van der Waals surface area contributed by atoms with Crippen LogP contribution < -0.4 is 0 Å². The second-order valence-electron chi connectivity index (χ2n) is 3.80. The molecule has 20 heavy (non-hydrogen) atoms. The molecule has 0 aliphatic heterocycles. The summed E-state index contributed by atoms with van der Waals surface area (Å²) in [4.78, 5) is 14.4. The van der Waals surface area contributed by atoms with Crippen molar-refractivity contribution in [2.45, 2.75) is 24.4 Å². The second kappa shape index (κ2) is 10.4. The molecule has 0 radical (unpaired) electrons. The van der Waals surface area contributed by atoms with E-state index in [0.717, 1.165) is 0 Å². The van der Waals surface area contributed by atoms with Crippen LogP contribution in [0.3, 0.4) is 0 Å². The van der Waals surface area contributed by atoms with E-state index in [1.54, 1.807) is 0 Å². The minimum Gasteiger partial charge on any atom is -0.467 e. The van der Waals surface area contributed by atoms with Gasteiger partial charge in [-0.3, -0.25) is 0 Å². The van der Waals surface area contributed by atoms with Crippen LogP contribution in [0.1, 0.15) is 0 Å². The summed E-state index contributed by atoms with van der Waals surface area (Å²) in [5.41, 5.74) is 8.69. The molecule has 9 heteroatoms. The minimum atomic E-state index is -1.10. The highest BCUT2D eigenvalue weighted by Crippen LogP contribution is 2.18. The highest BCUT2D eigenvalue weighted by Gasteiger charge is 2.39. The van der Waals surface area contributed by atoms with E-state index in [1.807, 2.05) is 0 Å².